The summed E-state index contributed by atoms with van der Waals surface area (Å²) in [6.07, 6.45) is 0.710. The number of thioether (sulfide) groups is 1. The summed E-state index contributed by atoms with van der Waals surface area (Å²) in [5.74, 6) is -0.0915. The number of nitrogens with zero attached hydrogens (tertiary/aromatic N) is 2. The average Bonchev–Trinajstić information content (AvgIpc) is 3.15. The quantitative estimate of drug-likeness (QED) is 0.200. The molecule has 0 radical (unpaired) electrons. The van der Waals surface area contributed by atoms with Gasteiger partial charge in [0.2, 0.25) is 0 Å². The van der Waals surface area contributed by atoms with Crippen LogP contribution in [0.25, 0.3) is 0 Å². The van der Waals surface area contributed by atoms with Crippen molar-refractivity contribution >= 4 is 56.4 Å². The van der Waals surface area contributed by atoms with Gasteiger partial charge in [-0.3, -0.25) is 20.2 Å². The summed E-state index contributed by atoms with van der Waals surface area (Å²) in [6, 6.07) is 19.8. The summed E-state index contributed by atoms with van der Waals surface area (Å²) >= 11 is 11.9. The standard InChI is InChI=1S/C24H19BrClN3O4S/c25-14-10-15-21-16(12-20(22(21)26)34-19-9-5-4-8-17(19)28(30)31)23(13-6-2-1-3-7-13)27-24(15)18(11-14)29(32)33/h1-11,16,20-23,27H,12H2. The molecule has 1 saturated carbocycles. The third kappa shape index (κ3) is 4.06. The van der Waals surface area contributed by atoms with Crippen LogP contribution in [0.15, 0.2) is 76.1 Å². The van der Waals surface area contributed by atoms with E-state index < -0.39 is 0 Å². The Balaban J connectivity index is 1.59. The summed E-state index contributed by atoms with van der Waals surface area (Å²) in [6.45, 7) is 0. The molecule has 0 bridgehead atoms. The molecule has 0 amide bonds. The molecule has 3 aromatic carbocycles. The van der Waals surface area contributed by atoms with Gasteiger partial charge in [0.05, 0.1) is 26.2 Å². The van der Waals surface area contributed by atoms with Crippen LogP contribution in [0.5, 0.6) is 0 Å². The van der Waals surface area contributed by atoms with E-state index in [1.165, 1.54) is 23.9 Å². The van der Waals surface area contributed by atoms with E-state index >= 15 is 0 Å². The third-order valence-electron chi connectivity index (χ3n) is 6.56. The Hall–Kier alpha value is -2.62. The van der Waals surface area contributed by atoms with Gasteiger partial charge in [-0.05, 0) is 35.6 Å². The van der Waals surface area contributed by atoms with Crippen LogP contribution >= 0.6 is 39.3 Å². The third-order valence-corrected chi connectivity index (χ3v) is 9.13. The number of anilines is 1. The monoisotopic (exact) mass is 559 g/mol. The van der Waals surface area contributed by atoms with Crippen molar-refractivity contribution in [2.45, 2.75) is 33.9 Å². The van der Waals surface area contributed by atoms with E-state index in [0.717, 1.165) is 11.1 Å². The van der Waals surface area contributed by atoms with E-state index in [2.05, 4.69) is 21.2 Å². The van der Waals surface area contributed by atoms with E-state index in [4.69, 9.17) is 11.6 Å². The zero-order valence-corrected chi connectivity index (χ0v) is 20.8. The normalized spacial score (nSPS) is 25.2. The number of halogens is 2. The Kier molecular flexibility index (Phi) is 6.26. The van der Waals surface area contributed by atoms with Crippen molar-refractivity contribution in [3.63, 3.8) is 0 Å². The smallest absolute Gasteiger partial charge is 0.293 e. The van der Waals surface area contributed by atoms with E-state index in [1.54, 1.807) is 18.2 Å². The lowest BCUT2D eigenvalue weighted by atomic mass is 9.77. The van der Waals surface area contributed by atoms with Gasteiger partial charge in [-0.15, -0.1) is 23.4 Å². The summed E-state index contributed by atoms with van der Waals surface area (Å²) in [5, 5.41) is 26.4. The predicted octanol–water partition coefficient (Wildman–Crippen LogP) is 7.30. The highest BCUT2D eigenvalue weighted by Crippen LogP contribution is 2.59. The molecule has 10 heteroatoms. The fraction of sp³-hybridized carbons (Fsp3) is 0.250. The molecule has 3 aromatic rings. The molecule has 1 fully saturated rings. The molecule has 1 aliphatic carbocycles. The first-order chi connectivity index (χ1) is 16.3. The number of para-hydroxylation sites is 1. The molecule has 0 spiro atoms. The Morgan fingerprint density at radius 1 is 0.971 bits per heavy atom. The Morgan fingerprint density at radius 3 is 2.35 bits per heavy atom. The lowest BCUT2D eigenvalue weighted by Gasteiger charge is -2.38. The highest BCUT2D eigenvalue weighted by molar-refractivity contribution is 9.10. The SMILES string of the molecule is O=[N+]([O-])c1ccccc1SC1CC2C(c3ccccc3)Nc3c(cc(Br)cc3[N+](=O)[O-])C2C1Cl. The molecular weight excluding hydrogens is 542 g/mol. The lowest BCUT2D eigenvalue weighted by molar-refractivity contribution is -0.387. The molecule has 1 aliphatic heterocycles. The zero-order valence-electron chi connectivity index (χ0n) is 17.6. The maximum atomic E-state index is 11.9. The van der Waals surface area contributed by atoms with Crippen molar-refractivity contribution in [2.24, 2.45) is 5.92 Å². The first-order valence-corrected chi connectivity index (χ1v) is 12.8. The fourth-order valence-corrected chi connectivity index (χ4v) is 7.58. The lowest BCUT2D eigenvalue weighted by Crippen LogP contribution is -2.31. The van der Waals surface area contributed by atoms with Crippen molar-refractivity contribution in [1.82, 2.24) is 0 Å². The molecule has 2 aliphatic rings. The average molecular weight is 561 g/mol. The van der Waals surface area contributed by atoms with Crippen LogP contribution in [0.1, 0.15) is 29.5 Å². The van der Waals surface area contributed by atoms with Gasteiger partial charge in [-0.2, -0.15) is 0 Å². The molecular formula is C24H19BrClN3O4S. The fourth-order valence-electron chi connectivity index (χ4n) is 5.17. The van der Waals surface area contributed by atoms with Crippen molar-refractivity contribution < 1.29 is 9.85 Å². The van der Waals surface area contributed by atoms with Gasteiger partial charge in [0.15, 0.2) is 0 Å². The minimum absolute atomic E-state index is 0.00224. The molecule has 174 valence electrons. The first kappa shape index (κ1) is 23.1. The maximum Gasteiger partial charge on any atom is 0.293 e. The second-order valence-electron chi connectivity index (χ2n) is 8.43. The minimum Gasteiger partial charge on any atom is -0.372 e. The second kappa shape index (κ2) is 9.20. The van der Waals surface area contributed by atoms with Gasteiger partial charge in [-0.25, -0.2) is 0 Å². The van der Waals surface area contributed by atoms with Crippen LogP contribution in [0.3, 0.4) is 0 Å². The highest BCUT2D eigenvalue weighted by atomic mass is 79.9. The number of hydrogen-bond donors (Lipinski definition) is 1. The molecule has 5 atom stereocenters. The minimum atomic E-state index is -0.378. The number of alkyl halides is 1. The molecule has 34 heavy (non-hydrogen) atoms. The number of nitro benzene ring substituents is 2. The summed E-state index contributed by atoms with van der Waals surface area (Å²) in [5.41, 5.74) is 2.39. The van der Waals surface area contributed by atoms with Crippen LogP contribution in [-0.2, 0) is 0 Å². The van der Waals surface area contributed by atoms with Gasteiger partial charge in [0.1, 0.15) is 5.69 Å². The van der Waals surface area contributed by atoms with Gasteiger partial charge in [-0.1, -0.05) is 58.4 Å². The first-order valence-electron chi connectivity index (χ1n) is 10.7. The Bertz CT molecular complexity index is 1280. The van der Waals surface area contributed by atoms with Gasteiger partial charge in [0, 0.05) is 27.8 Å². The number of benzene rings is 3. The maximum absolute atomic E-state index is 11.9. The van der Waals surface area contributed by atoms with E-state index in [9.17, 15) is 20.2 Å². The number of nitrogens with one attached hydrogen (secondary N) is 1. The topological polar surface area (TPSA) is 98.3 Å². The zero-order chi connectivity index (χ0) is 24.0. The van der Waals surface area contributed by atoms with E-state index in [1.807, 2.05) is 36.4 Å². The number of hydrogen-bond acceptors (Lipinski definition) is 6. The summed E-state index contributed by atoms with van der Waals surface area (Å²) in [4.78, 5) is 23.3. The molecule has 1 heterocycles. The van der Waals surface area contributed by atoms with Crippen molar-refractivity contribution in [1.29, 1.82) is 0 Å². The van der Waals surface area contributed by atoms with Crippen LogP contribution < -0.4 is 5.32 Å². The van der Waals surface area contributed by atoms with Crippen molar-refractivity contribution in [2.75, 3.05) is 5.32 Å². The van der Waals surface area contributed by atoms with Gasteiger partial charge in [0.25, 0.3) is 11.4 Å². The summed E-state index contributed by atoms with van der Waals surface area (Å²) < 4.78 is 0.621. The molecule has 0 aromatic heterocycles. The predicted molar refractivity (Wildman–Crippen MR) is 137 cm³/mol. The Morgan fingerprint density at radius 2 is 1.65 bits per heavy atom. The van der Waals surface area contributed by atoms with Gasteiger partial charge < -0.3 is 5.32 Å². The Labute approximate surface area is 213 Å². The van der Waals surface area contributed by atoms with Crippen molar-refractivity contribution in [3.05, 3.63) is 103 Å². The van der Waals surface area contributed by atoms with E-state index in [-0.39, 0.29) is 49.7 Å². The van der Waals surface area contributed by atoms with Crippen LogP contribution in [-0.4, -0.2) is 20.5 Å². The van der Waals surface area contributed by atoms with E-state index in [0.29, 0.717) is 21.5 Å². The summed E-state index contributed by atoms with van der Waals surface area (Å²) in [7, 11) is 0. The number of rotatable bonds is 5. The molecule has 5 rings (SSSR count). The largest absolute Gasteiger partial charge is 0.372 e. The molecule has 5 unspecified atom stereocenters. The second-order valence-corrected chi connectivity index (χ2v) is 11.1. The number of fused-ring (bicyclic) bond motifs is 3. The van der Waals surface area contributed by atoms with Crippen molar-refractivity contribution in [3.8, 4) is 0 Å². The van der Waals surface area contributed by atoms with Crippen LogP contribution in [0.4, 0.5) is 17.1 Å². The van der Waals surface area contributed by atoms with Gasteiger partial charge >= 0.3 is 0 Å². The van der Waals surface area contributed by atoms with Crippen LogP contribution in [0.2, 0.25) is 0 Å². The molecule has 7 nitrogen and oxygen atoms in total. The van der Waals surface area contributed by atoms with Crippen LogP contribution in [0, 0.1) is 26.1 Å². The number of nitro groups is 2. The molecule has 1 N–H and O–H groups in total. The highest BCUT2D eigenvalue weighted by Gasteiger charge is 2.51. The molecule has 0 saturated heterocycles.